The Labute approximate surface area is 284 Å². The van der Waals surface area contributed by atoms with Crippen molar-refractivity contribution in [1.29, 1.82) is 0 Å². The van der Waals surface area contributed by atoms with Crippen molar-refractivity contribution in [3.63, 3.8) is 0 Å². The molecule has 11 heteroatoms. The molecule has 47 heavy (non-hydrogen) atoms. The normalized spacial score (nSPS) is 14.3. The Bertz CT molecular complexity index is 2190. The van der Waals surface area contributed by atoms with E-state index in [0.29, 0.717) is 64.7 Å². The summed E-state index contributed by atoms with van der Waals surface area (Å²) in [6.07, 6.45) is 1.73. The molecule has 0 bridgehead atoms. The van der Waals surface area contributed by atoms with Crippen LogP contribution in [-0.2, 0) is 11.4 Å². The summed E-state index contributed by atoms with van der Waals surface area (Å²) in [6, 6.07) is 26.3. The minimum Gasteiger partial charge on any atom is -0.493 e. The minimum atomic E-state index is -0.810. The lowest BCUT2D eigenvalue weighted by atomic mass is 9.94. The third-order valence-corrected chi connectivity index (χ3v) is 9.02. The molecular formula is C36H29Cl2N3O5S. The highest BCUT2D eigenvalue weighted by Crippen LogP contribution is 2.36. The number of thiazole rings is 1. The van der Waals surface area contributed by atoms with Gasteiger partial charge in [0, 0.05) is 21.3 Å². The quantitative estimate of drug-likeness (QED) is 0.185. The molecule has 1 amide bonds. The van der Waals surface area contributed by atoms with Gasteiger partial charge in [-0.2, -0.15) is 0 Å². The molecule has 1 aliphatic heterocycles. The number of nitrogens with one attached hydrogen (secondary N) is 1. The van der Waals surface area contributed by atoms with Crippen LogP contribution in [0.15, 0.2) is 112 Å². The first-order valence-electron chi connectivity index (χ1n) is 14.5. The molecule has 8 nitrogen and oxygen atoms in total. The molecule has 1 N–H and O–H groups in total. The highest BCUT2D eigenvalue weighted by Gasteiger charge is 2.33. The van der Waals surface area contributed by atoms with Gasteiger partial charge in [0.15, 0.2) is 16.3 Å². The zero-order valence-electron chi connectivity index (χ0n) is 25.6. The number of hydrogen-bond donors (Lipinski definition) is 1. The maximum atomic E-state index is 14.3. The molecule has 0 unspecified atom stereocenters. The van der Waals surface area contributed by atoms with Crippen LogP contribution in [0.4, 0.5) is 5.69 Å². The van der Waals surface area contributed by atoms with Crippen molar-refractivity contribution in [2.24, 2.45) is 4.99 Å². The number of fused-ring (bicyclic) bond motifs is 1. The Balaban J connectivity index is 1.47. The topological polar surface area (TPSA) is 91.2 Å². The van der Waals surface area contributed by atoms with Crippen LogP contribution in [0.2, 0.25) is 10.0 Å². The number of ether oxygens (including phenoxy) is 3. The third kappa shape index (κ3) is 6.83. The van der Waals surface area contributed by atoms with Crippen molar-refractivity contribution in [3.05, 3.63) is 149 Å². The summed E-state index contributed by atoms with van der Waals surface area (Å²) >= 11 is 13.8. The Kier molecular flexibility index (Phi) is 9.49. The molecule has 0 saturated heterocycles. The molecule has 1 aromatic heterocycles. The van der Waals surface area contributed by atoms with E-state index in [-0.39, 0.29) is 18.1 Å². The van der Waals surface area contributed by atoms with Gasteiger partial charge in [-0.15, -0.1) is 0 Å². The number of halogens is 2. The van der Waals surface area contributed by atoms with Crippen LogP contribution in [-0.4, -0.2) is 24.7 Å². The molecular weight excluding hydrogens is 657 g/mol. The maximum Gasteiger partial charge on any atom is 0.271 e. The molecule has 2 heterocycles. The second-order valence-electron chi connectivity index (χ2n) is 10.6. The second kappa shape index (κ2) is 13.9. The highest BCUT2D eigenvalue weighted by atomic mass is 35.5. The van der Waals surface area contributed by atoms with Crippen molar-refractivity contribution >= 4 is 52.2 Å². The lowest BCUT2D eigenvalue weighted by Crippen LogP contribution is -2.40. The Hall–Kier alpha value is -4.83. The average Bonchev–Trinajstić information content (AvgIpc) is 3.37. The summed E-state index contributed by atoms with van der Waals surface area (Å²) in [7, 11) is 3.08. The van der Waals surface area contributed by atoms with Gasteiger partial charge < -0.3 is 19.5 Å². The van der Waals surface area contributed by atoms with Crippen molar-refractivity contribution in [3.8, 4) is 17.2 Å². The van der Waals surface area contributed by atoms with Crippen molar-refractivity contribution in [2.75, 3.05) is 19.5 Å². The number of hydrogen-bond acceptors (Lipinski definition) is 7. The van der Waals surface area contributed by atoms with Crippen LogP contribution in [0.5, 0.6) is 17.2 Å². The Morgan fingerprint density at radius 2 is 1.66 bits per heavy atom. The molecule has 1 atom stereocenters. The van der Waals surface area contributed by atoms with Gasteiger partial charge in [0.05, 0.1) is 36.1 Å². The predicted octanol–water partition coefficient (Wildman–Crippen LogP) is 6.78. The summed E-state index contributed by atoms with van der Waals surface area (Å²) in [4.78, 5) is 33.4. The van der Waals surface area contributed by atoms with Crippen molar-refractivity contribution in [1.82, 2.24) is 4.57 Å². The predicted molar refractivity (Wildman–Crippen MR) is 186 cm³/mol. The summed E-state index contributed by atoms with van der Waals surface area (Å²) in [5.41, 5.74) is 3.26. The van der Waals surface area contributed by atoms with Crippen LogP contribution in [0.1, 0.15) is 29.7 Å². The van der Waals surface area contributed by atoms with Gasteiger partial charge >= 0.3 is 0 Å². The van der Waals surface area contributed by atoms with E-state index in [9.17, 15) is 9.59 Å². The largest absolute Gasteiger partial charge is 0.493 e. The first-order chi connectivity index (χ1) is 22.7. The van der Waals surface area contributed by atoms with Crippen LogP contribution in [0.3, 0.4) is 0 Å². The second-order valence-corrected chi connectivity index (χ2v) is 12.5. The first kappa shape index (κ1) is 32.1. The number of methoxy groups -OCH3 is 2. The number of aromatic nitrogens is 1. The van der Waals surface area contributed by atoms with Gasteiger partial charge in [-0.05, 0) is 78.7 Å². The molecule has 0 saturated carbocycles. The van der Waals surface area contributed by atoms with Crippen LogP contribution < -0.4 is 34.4 Å². The number of nitrogens with zero attached hydrogens (tertiary/aromatic N) is 2. The van der Waals surface area contributed by atoms with Gasteiger partial charge in [-0.3, -0.25) is 14.2 Å². The minimum absolute atomic E-state index is 0.267. The number of benzene rings is 4. The number of allylic oxidation sites excluding steroid dienone is 1. The van der Waals surface area contributed by atoms with E-state index in [1.165, 1.54) is 18.4 Å². The molecule has 4 aromatic carbocycles. The van der Waals surface area contributed by atoms with Gasteiger partial charge in [-0.25, -0.2) is 4.99 Å². The van der Waals surface area contributed by atoms with E-state index < -0.39 is 6.04 Å². The average molecular weight is 687 g/mol. The number of carbonyl (C=O) groups excluding carboxylic acids is 1. The highest BCUT2D eigenvalue weighted by molar-refractivity contribution is 7.07. The lowest BCUT2D eigenvalue weighted by Gasteiger charge is -2.26. The number of amides is 1. The Morgan fingerprint density at radius 3 is 2.40 bits per heavy atom. The molecule has 0 aliphatic carbocycles. The zero-order valence-corrected chi connectivity index (χ0v) is 28.0. The molecule has 5 aromatic rings. The molecule has 1 aliphatic rings. The number of carbonyl (C=O) groups is 1. The fourth-order valence-corrected chi connectivity index (χ4v) is 6.79. The van der Waals surface area contributed by atoms with Gasteiger partial charge in [-0.1, -0.05) is 70.9 Å². The number of anilines is 1. The molecule has 0 fully saturated rings. The van der Waals surface area contributed by atoms with E-state index in [4.69, 9.17) is 42.4 Å². The van der Waals surface area contributed by atoms with E-state index in [2.05, 4.69) is 5.32 Å². The van der Waals surface area contributed by atoms with Crippen molar-refractivity contribution in [2.45, 2.75) is 19.6 Å². The first-order valence-corrected chi connectivity index (χ1v) is 16.1. The van der Waals surface area contributed by atoms with E-state index in [1.807, 2.05) is 42.5 Å². The van der Waals surface area contributed by atoms with Gasteiger partial charge in [0.2, 0.25) is 0 Å². The molecule has 238 valence electrons. The monoisotopic (exact) mass is 685 g/mol. The maximum absolute atomic E-state index is 14.3. The molecule has 0 radical (unpaired) electrons. The van der Waals surface area contributed by atoms with E-state index >= 15 is 0 Å². The SMILES string of the molecule is COc1ccc([C@@H]2C(C(=O)Nc3ccccc3)=C(C)N=c3s/c(=C\c4cc(Cl)ccc4OCc4cccc(Cl)c4)c(=O)n32)cc1OC. The lowest BCUT2D eigenvalue weighted by molar-refractivity contribution is -0.113. The summed E-state index contributed by atoms with van der Waals surface area (Å²) in [5, 5.41) is 4.06. The van der Waals surface area contributed by atoms with E-state index in [1.54, 1.807) is 73.2 Å². The third-order valence-electron chi connectivity index (χ3n) is 7.56. The molecule has 6 rings (SSSR count). The van der Waals surface area contributed by atoms with Crippen molar-refractivity contribution < 1.29 is 19.0 Å². The summed E-state index contributed by atoms with van der Waals surface area (Å²) < 4.78 is 19.1. The smallest absolute Gasteiger partial charge is 0.271 e. The van der Waals surface area contributed by atoms with E-state index in [0.717, 1.165) is 5.56 Å². The van der Waals surface area contributed by atoms with Crippen LogP contribution >= 0.6 is 34.5 Å². The Morgan fingerprint density at radius 1 is 0.915 bits per heavy atom. The van der Waals surface area contributed by atoms with Gasteiger partial charge in [0.1, 0.15) is 12.4 Å². The zero-order chi connectivity index (χ0) is 33.1. The number of para-hydroxylation sites is 1. The fourth-order valence-electron chi connectivity index (χ4n) is 5.36. The van der Waals surface area contributed by atoms with Crippen LogP contribution in [0.25, 0.3) is 6.08 Å². The fraction of sp³-hybridized carbons (Fsp3) is 0.139. The van der Waals surface area contributed by atoms with Crippen LogP contribution in [0, 0.1) is 0 Å². The number of rotatable bonds is 9. The molecule has 0 spiro atoms. The summed E-state index contributed by atoms with van der Waals surface area (Å²) in [6.45, 7) is 2.03. The van der Waals surface area contributed by atoms with Gasteiger partial charge in [0.25, 0.3) is 11.5 Å². The standard InChI is InChI=1S/C36H29Cl2N3O5S/c1-21-32(34(42)40-27-10-5-4-6-11-27)33(23-12-14-29(44-2)30(18-23)45-3)41-35(43)31(47-36(41)39-21)19-24-17-26(38)13-15-28(24)46-20-22-8-7-9-25(37)16-22/h4-19,33H,20H2,1-3H3,(H,40,42)/b31-19-/t33-/m1/s1. The summed E-state index contributed by atoms with van der Waals surface area (Å²) in [5.74, 6) is 1.14.